The quantitative estimate of drug-likeness (QED) is 0.429. The van der Waals surface area contributed by atoms with Crippen molar-refractivity contribution >= 4 is 23.3 Å². The van der Waals surface area contributed by atoms with Crippen LogP contribution in [0.4, 0.5) is 5.82 Å². The maximum Gasteiger partial charge on any atom is 0.160 e. The van der Waals surface area contributed by atoms with E-state index in [1.54, 1.807) is 42.3 Å². The smallest absolute Gasteiger partial charge is 0.160 e. The second-order valence-electron chi connectivity index (χ2n) is 6.32. The van der Waals surface area contributed by atoms with Gasteiger partial charge in [0.15, 0.2) is 11.9 Å². The average molecular weight is 407 g/mol. The first kappa shape index (κ1) is 22.4. The molecule has 0 bridgehead atoms. The van der Waals surface area contributed by atoms with Crippen LogP contribution in [-0.4, -0.2) is 43.2 Å². The number of carbonyl (C=O) groups is 1. The van der Waals surface area contributed by atoms with E-state index in [-0.39, 0.29) is 0 Å². The van der Waals surface area contributed by atoms with E-state index in [9.17, 15) is 4.79 Å². The van der Waals surface area contributed by atoms with E-state index in [1.807, 2.05) is 26.0 Å². The molecule has 0 amide bonds. The minimum absolute atomic E-state index is 0.355. The number of aromatic nitrogens is 5. The molecule has 0 aliphatic carbocycles. The molecule has 9 heteroatoms. The van der Waals surface area contributed by atoms with E-state index in [2.05, 4.69) is 25.9 Å². The number of aryl methyl sites for hydroxylation is 3. The molecule has 9 nitrogen and oxygen atoms in total. The number of phenols is 1. The summed E-state index contributed by atoms with van der Waals surface area (Å²) in [5.41, 5.74) is 15.3. The molecule has 3 heterocycles. The number of nitrogens with zero attached hydrogens (tertiary/aromatic N) is 5. The maximum absolute atomic E-state index is 11.1. The fourth-order valence-corrected chi connectivity index (χ4v) is 2.73. The van der Waals surface area contributed by atoms with Crippen LogP contribution in [0.5, 0.6) is 5.75 Å². The van der Waals surface area contributed by atoms with Crippen LogP contribution < -0.4 is 11.5 Å². The van der Waals surface area contributed by atoms with Gasteiger partial charge in [0, 0.05) is 12.6 Å². The molecule has 0 unspecified atom stereocenters. The summed E-state index contributed by atoms with van der Waals surface area (Å²) in [6.45, 7) is 3.90. The van der Waals surface area contributed by atoms with Gasteiger partial charge in [-0.25, -0.2) is 9.97 Å². The first-order valence-electron chi connectivity index (χ1n) is 9.09. The second kappa shape index (κ2) is 10.1. The Hall–Kier alpha value is -3.85. The van der Waals surface area contributed by atoms with Crippen LogP contribution in [-0.2, 0) is 7.05 Å². The number of benzene rings is 1. The SMILES string of the molecule is CN.Cc1ccc(O)c(C)c1.Cn1c(N)c(C=O)c2nc(-c3ccnnc3)cnc21. The van der Waals surface area contributed by atoms with E-state index in [0.29, 0.717) is 40.3 Å². The number of hydrogen-bond donors (Lipinski definition) is 3. The van der Waals surface area contributed by atoms with Gasteiger partial charge in [0.05, 0.1) is 29.8 Å². The Kier molecular flexibility index (Phi) is 7.54. The fourth-order valence-electron chi connectivity index (χ4n) is 2.73. The van der Waals surface area contributed by atoms with E-state index < -0.39 is 0 Å². The predicted molar refractivity (Wildman–Crippen MR) is 117 cm³/mol. The predicted octanol–water partition coefficient (Wildman–Crippen LogP) is 2.40. The Morgan fingerprint density at radius 3 is 2.40 bits per heavy atom. The number of aromatic hydroxyl groups is 1. The van der Waals surface area contributed by atoms with Crippen molar-refractivity contribution in [2.24, 2.45) is 12.8 Å². The lowest BCUT2D eigenvalue weighted by Gasteiger charge is -2.00. The number of fused-ring (bicyclic) bond motifs is 1. The molecule has 0 fully saturated rings. The number of rotatable bonds is 2. The van der Waals surface area contributed by atoms with Crippen LogP contribution in [0.1, 0.15) is 21.5 Å². The minimum Gasteiger partial charge on any atom is -0.508 e. The summed E-state index contributed by atoms with van der Waals surface area (Å²) in [6, 6.07) is 7.33. The zero-order valence-corrected chi connectivity index (χ0v) is 17.4. The molecule has 0 saturated heterocycles. The van der Waals surface area contributed by atoms with Gasteiger partial charge in [0.1, 0.15) is 17.1 Å². The third-order valence-corrected chi connectivity index (χ3v) is 4.31. The van der Waals surface area contributed by atoms with Crippen molar-refractivity contribution in [2.45, 2.75) is 13.8 Å². The van der Waals surface area contributed by atoms with Gasteiger partial charge in [-0.3, -0.25) is 4.79 Å². The van der Waals surface area contributed by atoms with Crippen molar-refractivity contribution in [1.82, 2.24) is 24.7 Å². The topological polar surface area (TPSA) is 146 Å². The Morgan fingerprint density at radius 1 is 1.10 bits per heavy atom. The molecule has 3 aromatic heterocycles. The van der Waals surface area contributed by atoms with Crippen LogP contribution in [0.25, 0.3) is 22.4 Å². The van der Waals surface area contributed by atoms with Gasteiger partial charge in [-0.05, 0) is 38.6 Å². The minimum atomic E-state index is 0.355. The van der Waals surface area contributed by atoms with Crippen molar-refractivity contribution in [1.29, 1.82) is 0 Å². The maximum atomic E-state index is 11.1. The van der Waals surface area contributed by atoms with Gasteiger partial charge < -0.3 is 21.1 Å². The molecular weight excluding hydrogens is 382 g/mol. The van der Waals surface area contributed by atoms with E-state index in [1.165, 1.54) is 12.6 Å². The molecule has 30 heavy (non-hydrogen) atoms. The highest BCUT2D eigenvalue weighted by Crippen LogP contribution is 2.25. The number of aldehydes is 1. The Bertz CT molecular complexity index is 1140. The fraction of sp³-hybridized carbons (Fsp3) is 0.190. The highest BCUT2D eigenvalue weighted by Gasteiger charge is 2.15. The number of nitrogen functional groups attached to an aromatic ring is 1. The van der Waals surface area contributed by atoms with Crippen LogP contribution in [0, 0.1) is 13.8 Å². The molecule has 0 radical (unpaired) electrons. The summed E-state index contributed by atoms with van der Waals surface area (Å²) < 4.78 is 1.64. The van der Waals surface area contributed by atoms with Crippen LogP contribution in [0.2, 0.25) is 0 Å². The molecule has 1 aromatic carbocycles. The number of anilines is 1. The van der Waals surface area contributed by atoms with Gasteiger partial charge >= 0.3 is 0 Å². The molecular formula is C21H25N7O2. The van der Waals surface area contributed by atoms with Crippen molar-refractivity contribution < 1.29 is 9.90 Å². The van der Waals surface area contributed by atoms with Crippen molar-refractivity contribution in [3.8, 4) is 17.0 Å². The third-order valence-electron chi connectivity index (χ3n) is 4.31. The zero-order chi connectivity index (χ0) is 22.3. The lowest BCUT2D eigenvalue weighted by atomic mass is 10.1. The molecule has 0 aliphatic heterocycles. The molecule has 4 aromatic rings. The molecule has 4 rings (SSSR count). The molecule has 0 saturated carbocycles. The standard InChI is InChI=1S/C12H10N6O.C8H10O.CH5N/c1-18-11(13)8(6-19)10-12(18)14-5-9(17-10)7-2-3-15-16-4-7;1-6-3-4-8(9)7(2)5-6;1-2/h2-6H,13H2,1H3;3-5,9H,1-2H3;2H2,1H3. The third kappa shape index (κ3) is 4.76. The zero-order valence-electron chi connectivity index (χ0n) is 17.4. The van der Waals surface area contributed by atoms with Crippen LogP contribution >= 0.6 is 0 Å². The number of carbonyl (C=O) groups excluding carboxylic acids is 1. The Balaban J connectivity index is 0.000000245. The van der Waals surface area contributed by atoms with Gasteiger partial charge in [-0.15, -0.1) is 0 Å². The monoisotopic (exact) mass is 407 g/mol. The highest BCUT2D eigenvalue weighted by atomic mass is 16.3. The lowest BCUT2D eigenvalue weighted by molar-refractivity contribution is 0.112. The van der Waals surface area contributed by atoms with Gasteiger partial charge in [0.2, 0.25) is 0 Å². The summed E-state index contributed by atoms with van der Waals surface area (Å²) in [7, 11) is 3.24. The van der Waals surface area contributed by atoms with Crippen LogP contribution in [0.3, 0.4) is 0 Å². The van der Waals surface area contributed by atoms with Gasteiger partial charge in [0.25, 0.3) is 0 Å². The summed E-state index contributed by atoms with van der Waals surface area (Å²) in [6.07, 6.45) is 5.47. The van der Waals surface area contributed by atoms with Gasteiger partial charge in [-0.2, -0.15) is 10.2 Å². The summed E-state index contributed by atoms with van der Waals surface area (Å²) in [5.74, 6) is 0.732. The number of phenolic OH excluding ortho intramolecular Hbond substituents is 1. The van der Waals surface area contributed by atoms with Crippen LogP contribution in [0.15, 0.2) is 42.9 Å². The number of nitrogens with two attached hydrogens (primary N) is 2. The summed E-state index contributed by atoms with van der Waals surface area (Å²) in [5, 5.41) is 16.5. The van der Waals surface area contributed by atoms with Gasteiger partial charge in [-0.1, -0.05) is 17.7 Å². The Labute approximate surface area is 174 Å². The Morgan fingerprint density at radius 2 is 1.83 bits per heavy atom. The van der Waals surface area contributed by atoms with E-state index >= 15 is 0 Å². The average Bonchev–Trinajstić information content (AvgIpc) is 3.02. The normalized spacial score (nSPS) is 9.90. The van der Waals surface area contributed by atoms with Crippen molar-refractivity contribution in [2.75, 3.05) is 12.8 Å². The van der Waals surface area contributed by atoms with E-state index in [4.69, 9.17) is 10.8 Å². The second-order valence-corrected chi connectivity index (χ2v) is 6.32. The highest BCUT2D eigenvalue weighted by molar-refractivity contribution is 6.00. The molecule has 5 N–H and O–H groups in total. The molecule has 156 valence electrons. The van der Waals surface area contributed by atoms with E-state index in [0.717, 1.165) is 11.1 Å². The number of hydrogen-bond acceptors (Lipinski definition) is 8. The first-order valence-corrected chi connectivity index (χ1v) is 9.09. The molecule has 0 atom stereocenters. The molecule has 0 spiro atoms. The lowest BCUT2D eigenvalue weighted by Crippen LogP contribution is -1.98. The summed E-state index contributed by atoms with van der Waals surface area (Å²) in [4.78, 5) is 19.9. The largest absolute Gasteiger partial charge is 0.508 e. The molecule has 0 aliphatic rings. The van der Waals surface area contributed by atoms with Crippen molar-refractivity contribution in [3.63, 3.8) is 0 Å². The first-order chi connectivity index (χ1) is 14.4. The summed E-state index contributed by atoms with van der Waals surface area (Å²) >= 11 is 0. The van der Waals surface area contributed by atoms with Crippen molar-refractivity contribution in [3.05, 3.63) is 59.5 Å².